The minimum atomic E-state index is 0.486. The number of hydrogen-bond donors (Lipinski definition) is 0. The Bertz CT molecular complexity index is 371. The van der Waals surface area contributed by atoms with Crippen molar-refractivity contribution in [2.24, 2.45) is 0 Å². The quantitative estimate of drug-likeness (QED) is 0.727. The molecule has 0 saturated heterocycles. The predicted molar refractivity (Wildman–Crippen MR) is 49.6 cm³/mol. The van der Waals surface area contributed by atoms with Gasteiger partial charge in [-0.2, -0.15) is 10.4 Å². The molecule has 2 rings (SSSR count). The highest BCUT2D eigenvalue weighted by Crippen LogP contribution is 2.42. The molecular weight excluding hydrogens is 186 g/mol. The Morgan fingerprint density at radius 1 is 1.69 bits per heavy atom. The number of aryl methyl sites for hydroxylation is 1. The van der Waals surface area contributed by atoms with E-state index in [2.05, 4.69) is 11.2 Å². The summed E-state index contributed by atoms with van der Waals surface area (Å²) < 4.78 is 1.69. The van der Waals surface area contributed by atoms with Gasteiger partial charge in [-0.25, -0.2) is 0 Å². The minimum absolute atomic E-state index is 0.486. The Labute approximate surface area is 81.9 Å². The zero-order valence-corrected chi connectivity index (χ0v) is 8.17. The number of aromatic nitrogens is 2. The number of nitriles is 1. The van der Waals surface area contributed by atoms with Crippen molar-refractivity contribution in [2.45, 2.75) is 32.2 Å². The molecule has 0 amide bonds. The van der Waals surface area contributed by atoms with Crippen LogP contribution in [0.15, 0.2) is 0 Å². The third kappa shape index (κ3) is 1.31. The van der Waals surface area contributed by atoms with E-state index in [1.807, 2.05) is 6.92 Å². The van der Waals surface area contributed by atoms with Crippen LogP contribution in [0, 0.1) is 11.3 Å². The van der Waals surface area contributed by atoms with Gasteiger partial charge in [0.25, 0.3) is 0 Å². The van der Waals surface area contributed by atoms with Crippen molar-refractivity contribution in [3.05, 3.63) is 16.4 Å². The molecule has 3 nitrogen and oxygen atoms in total. The summed E-state index contributed by atoms with van der Waals surface area (Å²) in [5, 5.41) is 13.7. The van der Waals surface area contributed by atoms with Crippen molar-refractivity contribution >= 4 is 11.6 Å². The monoisotopic (exact) mass is 195 g/mol. The van der Waals surface area contributed by atoms with Crippen molar-refractivity contribution < 1.29 is 0 Å². The molecule has 0 atom stereocenters. The van der Waals surface area contributed by atoms with Crippen LogP contribution in [0.2, 0.25) is 5.15 Å². The molecule has 0 bridgehead atoms. The maximum Gasteiger partial charge on any atom is 0.145 e. The van der Waals surface area contributed by atoms with Gasteiger partial charge in [0, 0.05) is 12.5 Å². The molecule has 0 spiro atoms. The van der Waals surface area contributed by atoms with Crippen molar-refractivity contribution in [1.82, 2.24) is 9.78 Å². The Morgan fingerprint density at radius 3 is 2.85 bits per heavy atom. The molecule has 13 heavy (non-hydrogen) atoms. The standard InChI is InChI=1S/C9H10ClN3/c1-2-13-9(10)7(5-11)8(12-13)6-3-4-6/h6H,2-4H2,1H3. The lowest BCUT2D eigenvalue weighted by Crippen LogP contribution is -1.96. The summed E-state index contributed by atoms with van der Waals surface area (Å²) in [4.78, 5) is 0. The zero-order valence-electron chi connectivity index (χ0n) is 7.42. The first-order valence-electron chi connectivity index (χ1n) is 4.44. The zero-order chi connectivity index (χ0) is 9.42. The van der Waals surface area contributed by atoms with Crippen molar-refractivity contribution in [3.63, 3.8) is 0 Å². The first-order valence-corrected chi connectivity index (χ1v) is 4.82. The molecular formula is C9H10ClN3. The Kier molecular flexibility index (Phi) is 2.01. The lowest BCUT2D eigenvalue weighted by molar-refractivity contribution is 0.648. The summed E-state index contributed by atoms with van der Waals surface area (Å²) in [7, 11) is 0. The van der Waals surface area contributed by atoms with Gasteiger partial charge in [-0.05, 0) is 19.8 Å². The van der Waals surface area contributed by atoms with Gasteiger partial charge in [-0.3, -0.25) is 4.68 Å². The number of rotatable bonds is 2. The fraction of sp³-hybridized carbons (Fsp3) is 0.556. The molecule has 0 aromatic carbocycles. The average molecular weight is 196 g/mol. The molecule has 1 heterocycles. The fourth-order valence-electron chi connectivity index (χ4n) is 1.41. The molecule has 68 valence electrons. The first kappa shape index (κ1) is 8.58. The van der Waals surface area contributed by atoms with Crippen molar-refractivity contribution in [1.29, 1.82) is 5.26 Å². The second kappa shape index (κ2) is 3.04. The third-order valence-electron chi connectivity index (χ3n) is 2.29. The van der Waals surface area contributed by atoms with Crippen LogP contribution in [0.3, 0.4) is 0 Å². The summed E-state index contributed by atoms with van der Waals surface area (Å²) >= 11 is 5.98. The second-order valence-corrected chi connectivity index (χ2v) is 3.61. The van der Waals surface area contributed by atoms with Crippen LogP contribution in [0.5, 0.6) is 0 Å². The van der Waals surface area contributed by atoms with E-state index in [9.17, 15) is 0 Å². The van der Waals surface area contributed by atoms with E-state index in [1.165, 1.54) is 0 Å². The lowest BCUT2D eigenvalue weighted by Gasteiger charge is -1.94. The number of hydrogen-bond acceptors (Lipinski definition) is 2. The van der Waals surface area contributed by atoms with E-state index in [0.717, 1.165) is 25.1 Å². The average Bonchev–Trinajstić information content (AvgIpc) is 2.91. The van der Waals surface area contributed by atoms with Crippen LogP contribution in [-0.4, -0.2) is 9.78 Å². The third-order valence-corrected chi connectivity index (χ3v) is 2.68. The fourth-order valence-corrected chi connectivity index (χ4v) is 1.71. The predicted octanol–water partition coefficient (Wildman–Crippen LogP) is 2.31. The van der Waals surface area contributed by atoms with E-state index >= 15 is 0 Å². The topological polar surface area (TPSA) is 41.6 Å². The molecule has 0 N–H and O–H groups in total. The van der Waals surface area contributed by atoms with Crippen LogP contribution in [0.1, 0.15) is 36.9 Å². The summed E-state index contributed by atoms with van der Waals surface area (Å²) in [5.41, 5.74) is 1.47. The molecule has 1 aromatic rings. The highest BCUT2D eigenvalue weighted by atomic mass is 35.5. The second-order valence-electron chi connectivity index (χ2n) is 3.25. The summed E-state index contributed by atoms with van der Waals surface area (Å²) in [6, 6.07) is 2.12. The van der Waals surface area contributed by atoms with Crippen molar-refractivity contribution in [3.8, 4) is 6.07 Å². The van der Waals surface area contributed by atoms with Crippen LogP contribution in [-0.2, 0) is 6.54 Å². The molecule has 0 unspecified atom stereocenters. The van der Waals surface area contributed by atoms with E-state index < -0.39 is 0 Å². The van der Waals surface area contributed by atoms with Gasteiger partial charge < -0.3 is 0 Å². The molecule has 1 aromatic heterocycles. The van der Waals surface area contributed by atoms with E-state index in [4.69, 9.17) is 16.9 Å². The minimum Gasteiger partial charge on any atom is -0.253 e. The van der Waals surface area contributed by atoms with Crippen LogP contribution in [0.25, 0.3) is 0 Å². The Morgan fingerprint density at radius 2 is 2.38 bits per heavy atom. The first-order chi connectivity index (χ1) is 6.27. The van der Waals surface area contributed by atoms with Gasteiger partial charge in [0.1, 0.15) is 16.8 Å². The molecule has 0 aliphatic heterocycles. The van der Waals surface area contributed by atoms with Crippen molar-refractivity contribution in [2.75, 3.05) is 0 Å². The smallest absolute Gasteiger partial charge is 0.145 e. The summed E-state index contributed by atoms with van der Waals surface area (Å²) in [6.07, 6.45) is 2.29. The van der Waals surface area contributed by atoms with Crippen LogP contribution in [0.4, 0.5) is 0 Å². The molecule has 1 aliphatic rings. The van der Waals surface area contributed by atoms with Gasteiger partial charge in [0.15, 0.2) is 0 Å². The summed E-state index contributed by atoms with van der Waals surface area (Å²) in [5.74, 6) is 0.486. The maximum absolute atomic E-state index is 8.90. The van der Waals surface area contributed by atoms with Crippen LogP contribution < -0.4 is 0 Å². The molecule has 1 aliphatic carbocycles. The highest BCUT2D eigenvalue weighted by molar-refractivity contribution is 6.30. The largest absolute Gasteiger partial charge is 0.253 e. The van der Waals surface area contributed by atoms with E-state index in [1.54, 1.807) is 4.68 Å². The Hall–Kier alpha value is -1.01. The van der Waals surface area contributed by atoms with Gasteiger partial charge in [-0.1, -0.05) is 11.6 Å². The maximum atomic E-state index is 8.90. The lowest BCUT2D eigenvalue weighted by atomic mass is 10.2. The molecule has 4 heteroatoms. The molecule has 1 saturated carbocycles. The Balaban J connectivity index is 2.49. The van der Waals surface area contributed by atoms with Crippen LogP contribution >= 0.6 is 11.6 Å². The summed E-state index contributed by atoms with van der Waals surface area (Å²) in [6.45, 7) is 2.69. The molecule has 0 radical (unpaired) electrons. The SMILES string of the molecule is CCn1nc(C2CC2)c(C#N)c1Cl. The van der Waals surface area contributed by atoms with Gasteiger partial charge >= 0.3 is 0 Å². The van der Waals surface area contributed by atoms with Gasteiger partial charge in [0.2, 0.25) is 0 Å². The van der Waals surface area contributed by atoms with E-state index in [-0.39, 0.29) is 0 Å². The van der Waals surface area contributed by atoms with E-state index in [0.29, 0.717) is 16.6 Å². The number of halogens is 1. The van der Waals surface area contributed by atoms with Gasteiger partial charge in [-0.15, -0.1) is 0 Å². The molecule has 1 fully saturated rings. The number of nitrogens with zero attached hydrogens (tertiary/aromatic N) is 3. The van der Waals surface area contributed by atoms with Gasteiger partial charge in [0.05, 0.1) is 5.69 Å². The normalized spacial score (nSPS) is 15.8. The highest BCUT2D eigenvalue weighted by Gasteiger charge is 2.31.